The highest BCUT2D eigenvalue weighted by Crippen LogP contribution is 2.39. The largest absolute Gasteiger partial charge is 0.480 e. The Morgan fingerprint density at radius 2 is 2.15 bits per heavy atom. The number of carboxylic acids is 1. The van der Waals surface area contributed by atoms with Gasteiger partial charge in [-0.3, -0.25) is 4.79 Å². The Morgan fingerprint density at radius 3 is 2.90 bits per heavy atom. The molecule has 0 fully saturated rings. The molecule has 5 nitrogen and oxygen atoms in total. The minimum absolute atomic E-state index is 0.104. The first kappa shape index (κ1) is 13.6. The maximum atomic E-state index is 10.9. The van der Waals surface area contributed by atoms with E-state index < -0.39 is 5.97 Å². The van der Waals surface area contributed by atoms with Crippen LogP contribution in [0.4, 0.5) is 5.82 Å². The number of nitrogens with zero attached hydrogens (tertiary/aromatic N) is 3. The standard InChI is InChI=1S/C13H14ClN3O2S/c1-17(6-9(18)19)11-10-7-4-2-3-5-8(7)20-12(10)16-13(14)15-11/h2-6H2,1H3,(H,18,19). The maximum absolute atomic E-state index is 10.9. The summed E-state index contributed by atoms with van der Waals surface area (Å²) in [5.74, 6) is -0.263. The van der Waals surface area contributed by atoms with E-state index in [2.05, 4.69) is 9.97 Å². The average molecular weight is 312 g/mol. The fourth-order valence-electron chi connectivity index (χ4n) is 2.67. The lowest BCUT2D eigenvalue weighted by molar-refractivity contribution is -0.135. The number of aliphatic carboxylic acids is 1. The van der Waals surface area contributed by atoms with Crippen molar-refractivity contribution < 1.29 is 9.90 Å². The van der Waals surface area contributed by atoms with E-state index in [0.29, 0.717) is 5.82 Å². The van der Waals surface area contributed by atoms with Gasteiger partial charge in [-0.2, -0.15) is 4.98 Å². The second-order valence-corrected chi connectivity index (χ2v) is 6.38. The van der Waals surface area contributed by atoms with Crippen LogP contribution in [0.15, 0.2) is 0 Å². The van der Waals surface area contributed by atoms with Crippen LogP contribution in [0, 0.1) is 0 Å². The number of fused-ring (bicyclic) bond motifs is 3. The van der Waals surface area contributed by atoms with E-state index >= 15 is 0 Å². The third-order valence-corrected chi connectivity index (χ3v) is 4.86. The van der Waals surface area contributed by atoms with E-state index in [1.165, 1.54) is 16.9 Å². The number of aryl methyl sites for hydroxylation is 2. The number of halogens is 1. The van der Waals surface area contributed by atoms with Gasteiger partial charge in [-0.25, -0.2) is 4.98 Å². The van der Waals surface area contributed by atoms with Crippen LogP contribution in [0.2, 0.25) is 5.28 Å². The number of hydrogen-bond acceptors (Lipinski definition) is 5. The van der Waals surface area contributed by atoms with E-state index in [-0.39, 0.29) is 11.8 Å². The molecule has 106 valence electrons. The fraction of sp³-hybridized carbons (Fsp3) is 0.462. The first-order valence-electron chi connectivity index (χ1n) is 6.47. The molecule has 0 radical (unpaired) electrons. The Morgan fingerprint density at radius 1 is 1.40 bits per heavy atom. The molecule has 0 atom stereocenters. The van der Waals surface area contributed by atoms with Crippen molar-refractivity contribution >= 4 is 44.9 Å². The van der Waals surface area contributed by atoms with E-state index in [0.717, 1.165) is 29.5 Å². The van der Waals surface area contributed by atoms with Gasteiger partial charge in [-0.05, 0) is 42.8 Å². The van der Waals surface area contributed by atoms with Crippen molar-refractivity contribution in [3.05, 3.63) is 15.7 Å². The average Bonchev–Trinajstić information content (AvgIpc) is 2.74. The number of thiophene rings is 1. The summed E-state index contributed by atoms with van der Waals surface area (Å²) in [5.41, 5.74) is 1.28. The number of aromatic nitrogens is 2. The molecule has 1 aliphatic rings. The Labute approximate surface area is 125 Å². The van der Waals surface area contributed by atoms with Crippen LogP contribution in [0.5, 0.6) is 0 Å². The smallest absolute Gasteiger partial charge is 0.323 e. The molecular formula is C13H14ClN3O2S. The molecule has 7 heteroatoms. The molecular weight excluding hydrogens is 298 g/mol. The van der Waals surface area contributed by atoms with Crippen molar-refractivity contribution in [2.75, 3.05) is 18.5 Å². The van der Waals surface area contributed by atoms with Crippen LogP contribution in [0.1, 0.15) is 23.3 Å². The monoisotopic (exact) mass is 311 g/mol. The molecule has 2 aromatic heterocycles. The van der Waals surface area contributed by atoms with Crippen LogP contribution < -0.4 is 4.90 Å². The minimum Gasteiger partial charge on any atom is -0.480 e. The van der Waals surface area contributed by atoms with Gasteiger partial charge in [0.2, 0.25) is 5.28 Å². The van der Waals surface area contributed by atoms with E-state index in [1.54, 1.807) is 23.3 Å². The predicted octanol–water partition coefficient (Wildman–Crippen LogP) is 2.74. The molecule has 20 heavy (non-hydrogen) atoms. The third-order valence-electron chi connectivity index (χ3n) is 3.50. The van der Waals surface area contributed by atoms with Gasteiger partial charge in [0.25, 0.3) is 0 Å². The van der Waals surface area contributed by atoms with Crippen molar-refractivity contribution in [1.82, 2.24) is 9.97 Å². The van der Waals surface area contributed by atoms with Crippen LogP contribution in [-0.2, 0) is 17.6 Å². The number of rotatable bonds is 3. The molecule has 1 aliphatic carbocycles. The molecule has 1 N–H and O–H groups in total. The first-order chi connectivity index (χ1) is 9.56. The molecule has 0 saturated carbocycles. The Kier molecular flexibility index (Phi) is 3.52. The zero-order valence-electron chi connectivity index (χ0n) is 11.0. The van der Waals surface area contributed by atoms with Crippen molar-refractivity contribution in [1.29, 1.82) is 0 Å². The lowest BCUT2D eigenvalue weighted by atomic mass is 9.97. The normalized spacial score (nSPS) is 14.3. The highest BCUT2D eigenvalue weighted by atomic mass is 35.5. The second-order valence-electron chi connectivity index (χ2n) is 4.96. The van der Waals surface area contributed by atoms with E-state index in [1.807, 2.05) is 0 Å². The van der Waals surface area contributed by atoms with Gasteiger partial charge in [-0.1, -0.05) is 0 Å². The van der Waals surface area contributed by atoms with Crippen LogP contribution in [0.25, 0.3) is 10.2 Å². The molecule has 0 aromatic carbocycles. The zero-order chi connectivity index (χ0) is 14.3. The maximum Gasteiger partial charge on any atom is 0.323 e. The van der Waals surface area contributed by atoms with Gasteiger partial charge in [0, 0.05) is 11.9 Å². The van der Waals surface area contributed by atoms with Crippen molar-refractivity contribution in [3.63, 3.8) is 0 Å². The van der Waals surface area contributed by atoms with Gasteiger partial charge in [0.1, 0.15) is 17.2 Å². The zero-order valence-corrected chi connectivity index (χ0v) is 12.6. The van der Waals surface area contributed by atoms with E-state index in [4.69, 9.17) is 16.7 Å². The summed E-state index contributed by atoms with van der Waals surface area (Å²) in [7, 11) is 1.72. The lowest BCUT2D eigenvalue weighted by Gasteiger charge is -2.18. The van der Waals surface area contributed by atoms with Gasteiger partial charge in [0.15, 0.2) is 0 Å². The molecule has 0 spiro atoms. The van der Waals surface area contributed by atoms with Gasteiger partial charge in [-0.15, -0.1) is 11.3 Å². The SMILES string of the molecule is CN(CC(=O)O)c1nc(Cl)nc2sc3c(c12)CCCC3. The topological polar surface area (TPSA) is 66.3 Å². The number of anilines is 1. The van der Waals surface area contributed by atoms with Crippen LogP contribution >= 0.6 is 22.9 Å². The summed E-state index contributed by atoms with van der Waals surface area (Å²) in [6, 6.07) is 0. The van der Waals surface area contributed by atoms with Crippen LogP contribution in [0.3, 0.4) is 0 Å². The highest BCUT2D eigenvalue weighted by Gasteiger charge is 2.23. The Balaban J connectivity index is 2.19. The summed E-state index contributed by atoms with van der Waals surface area (Å²) >= 11 is 7.63. The highest BCUT2D eigenvalue weighted by molar-refractivity contribution is 7.19. The Hall–Kier alpha value is -1.40. The molecule has 2 aromatic rings. The Bertz CT molecular complexity index is 686. The van der Waals surface area contributed by atoms with Gasteiger partial charge in [0.05, 0.1) is 5.39 Å². The summed E-state index contributed by atoms with van der Waals surface area (Å²) in [5, 5.41) is 10.1. The molecule has 0 amide bonds. The lowest BCUT2D eigenvalue weighted by Crippen LogP contribution is -2.26. The molecule has 2 heterocycles. The quantitative estimate of drug-likeness (QED) is 0.883. The number of likely N-dealkylation sites (N-methyl/N-ethyl adjacent to an activating group) is 1. The van der Waals surface area contributed by atoms with Crippen molar-refractivity contribution in [3.8, 4) is 0 Å². The van der Waals surface area contributed by atoms with Crippen LogP contribution in [-0.4, -0.2) is 34.6 Å². The summed E-state index contributed by atoms with van der Waals surface area (Å²) in [6.45, 7) is -0.104. The van der Waals surface area contributed by atoms with Crippen molar-refractivity contribution in [2.45, 2.75) is 25.7 Å². The fourth-order valence-corrected chi connectivity index (χ4v) is 4.14. The first-order valence-corrected chi connectivity index (χ1v) is 7.66. The number of carboxylic acid groups (broad SMARTS) is 1. The minimum atomic E-state index is -0.889. The molecule has 0 aliphatic heterocycles. The van der Waals surface area contributed by atoms with Crippen molar-refractivity contribution in [2.24, 2.45) is 0 Å². The molecule has 0 unspecified atom stereocenters. The third kappa shape index (κ3) is 2.33. The second kappa shape index (κ2) is 5.18. The molecule has 3 rings (SSSR count). The predicted molar refractivity (Wildman–Crippen MR) is 80.0 cm³/mol. The summed E-state index contributed by atoms with van der Waals surface area (Å²) in [6.07, 6.45) is 4.43. The number of hydrogen-bond donors (Lipinski definition) is 1. The van der Waals surface area contributed by atoms with Gasteiger partial charge >= 0.3 is 5.97 Å². The molecule has 0 bridgehead atoms. The van der Waals surface area contributed by atoms with E-state index in [9.17, 15) is 4.79 Å². The van der Waals surface area contributed by atoms with Gasteiger partial charge < -0.3 is 10.0 Å². The summed E-state index contributed by atoms with van der Waals surface area (Å²) in [4.78, 5) is 23.3. The molecule has 0 saturated heterocycles. The summed E-state index contributed by atoms with van der Waals surface area (Å²) < 4.78 is 0. The number of carbonyl (C=O) groups is 1.